The Hall–Kier alpha value is -3.00. The molecule has 32 heavy (non-hydrogen) atoms. The molecule has 0 bridgehead atoms. The van der Waals surface area contributed by atoms with Gasteiger partial charge in [0, 0.05) is 16.7 Å². The van der Waals surface area contributed by atoms with Crippen LogP contribution in [0, 0.1) is 0 Å². The van der Waals surface area contributed by atoms with Crippen LogP contribution in [-0.4, -0.2) is 36.8 Å². The summed E-state index contributed by atoms with van der Waals surface area (Å²) in [5.74, 6) is 0. The van der Waals surface area contributed by atoms with Gasteiger partial charge in [0.15, 0.2) is 11.3 Å². The van der Waals surface area contributed by atoms with E-state index in [-0.39, 0.29) is 11.7 Å². The van der Waals surface area contributed by atoms with Gasteiger partial charge < -0.3 is 4.74 Å². The Morgan fingerprint density at radius 1 is 1.03 bits per heavy atom. The van der Waals surface area contributed by atoms with Gasteiger partial charge in [-0.15, -0.1) is 0 Å². The summed E-state index contributed by atoms with van der Waals surface area (Å²) < 4.78 is 9.11. The zero-order valence-electron chi connectivity index (χ0n) is 16.8. The fourth-order valence-corrected chi connectivity index (χ4v) is 4.84. The molecule has 0 aliphatic carbocycles. The summed E-state index contributed by atoms with van der Waals surface area (Å²) in [6, 6.07) is 12.8. The average molecular weight is 466 g/mol. The van der Waals surface area contributed by atoms with Crippen LogP contribution in [0.4, 0.5) is 0 Å². The molecular formula is C23H17Cl2N5O2. The van der Waals surface area contributed by atoms with Crippen molar-refractivity contribution in [1.82, 2.24) is 24.1 Å². The van der Waals surface area contributed by atoms with Crippen molar-refractivity contribution in [2.75, 3.05) is 6.61 Å². The monoisotopic (exact) mass is 465 g/mol. The van der Waals surface area contributed by atoms with E-state index in [1.54, 1.807) is 33.7 Å². The van der Waals surface area contributed by atoms with Gasteiger partial charge in [-0.3, -0.25) is 13.9 Å². The highest BCUT2D eigenvalue weighted by Crippen LogP contribution is 2.31. The summed E-state index contributed by atoms with van der Waals surface area (Å²) in [5, 5.41) is 1.36. The van der Waals surface area contributed by atoms with Crippen molar-refractivity contribution in [3.63, 3.8) is 0 Å². The van der Waals surface area contributed by atoms with Crippen LogP contribution in [0.2, 0.25) is 10.0 Å². The lowest BCUT2D eigenvalue weighted by Crippen LogP contribution is -2.26. The molecule has 0 saturated carbocycles. The summed E-state index contributed by atoms with van der Waals surface area (Å²) >= 11 is 12.6. The highest BCUT2D eigenvalue weighted by atomic mass is 35.5. The van der Waals surface area contributed by atoms with Crippen LogP contribution < -0.4 is 5.56 Å². The Morgan fingerprint density at radius 2 is 1.78 bits per heavy atom. The predicted molar refractivity (Wildman–Crippen MR) is 125 cm³/mol. The average Bonchev–Trinajstić information content (AvgIpc) is 3.39. The van der Waals surface area contributed by atoms with E-state index in [1.807, 2.05) is 24.3 Å². The number of halogens is 2. The van der Waals surface area contributed by atoms with Gasteiger partial charge in [0.25, 0.3) is 5.56 Å². The van der Waals surface area contributed by atoms with Crippen LogP contribution in [0.25, 0.3) is 38.9 Å². The Balaban J connectivity index is 1.70. The third-order valence-corrected chi connectivity index (χ3v) is 6.20. The molecule has 9 heteroatoms. The normalized spacial score (nSPS) is 16.5. The van der Waals surface area contributed by atoms with Gasteiger partial charge in [0.1, 0.15) is 17.2 Å². The van der Waals surface area contributed by atoms with Crippen molar-refractivity contribution in [1.29, 1.82) is 0 Å². The molecule has 1 saturated heterocycles. The highest BCUT2D eigenvalue weighted by molar-refractivity contribution is 6.35. The minimum atomic E-state index is -0.174. The Labute approximate surface area is 192 Å². The number of hydrogen-bond donors (Lipinski definition) is 0. The lowest BCUT2D eigenvalue weighted by molar-refractivity contribution is 0.0960. The first-order valence-electron chi connectivity index (χ1n) is 10.3. The molecule has 5 aromatic rings. The van der Waals surface area contributed by atoms with Crippen molar-refractivity contribution in [3.05, 3.63) is 69.2 Å². The van der Waals surface area contributed by atoms with Gasteiger partial charge in [-0.2, -0.15) is 0 Å². The van der Waals surface area contributed by atoms with Crippen molar-refractivity contribution >= 4 is 56.4 Å². The molecule has 0 spiro atoms. The molecule has 1 aliphatic heterocycles. The second-order valence-electron chi connectivity index (χ2n) is 7.88. The molecule has 6 rings (SSSR count). The lowest BCUT2D eigenvalue weighted by atomic mass is 10.2. The van der Waals surface area contributed by atoms with Crippen molar-refractivity contribution < 1.29 is 4.74 Å². The van der Waals surface area contributed by atoms with Gasteiger partial charge >= 0.3 is 0 Å². The Morgan fingerprint density at radius 3 is 2.50 bits per heavy atom. The first-order valence-corrected chi connectivity index (χ1v) is 11.1. The van der Waals surface area contributed by atoms with E-state index >= 15 is 0 Å². The topological polar surface area (TPSA) is 74.8 Å². The van der Waals surface area contributed by atoms with E-state index in [4.69, 9.17) is 37.9 Å². The molecule has 1 atom stereocenters. The predicted octanol–water partition coefficient (Wildman–Crippen LogP) is 4.77. The van der Waals surface area contributed by atoms with Gasteiger partial charge in [0.2, 0.25) is 0 Å². The SMILES string of the molecule is O=c1c2c3nc4ccccc4nc3n(-c3cc(Cl)cc(Cl)c3)c2ncn1C[C@H]1CCCO1. The first-order chi connectivity index (χ1) is 15.6. The van der Waals surface area contributed by atoms with E-state index in [0.717, 1.165) is 25.0 Å². The molecule has 4 heterocycles. The van der Waals surface area contributed by atoms with Crippen molar-refractivity contribution in [3.8, 4) is 5.69 Å². The van der Waals surface area contributed by atoms with Crippen LogP contribution in [0.5, 0.6) is 0 Å². The molecule has 0 N–H and O–H groups in total. The highest BCUT2D eigenvalue weighted by Gasteiger charge is 2.23. The molecule has 3 aromatic heterocycles. The zero-order valence-corrected chi connectivity index (χ0v) is 18.3. The summed E-state index contributed by atoms with van der Waals surface area (Å²) in [4.78, 5) is 27.9. The minimum absolute atomic E-state index is 0.0129. The maximum Gasteiger partial charge on any atom is 0.265 e. The summed E-state index contributed by atoms with van der Waals surface area (Å²) in [5.41, 5.74) is 3.39. The first kappa shape index (κ1) is 19.7. The molecule has 1 fully saturated rings. The number of rotatable bonds is 3. The molecule has 1 aliphatic rings. The van der Waals surface area contributed by atoms with Crippen LogP contribution >= 0.6 is 23.2 Å². The molecule has 160 valence electrons. The summed E-state index contributed by atoms with van der Waals surface area (Å²) in [6.07, 6.45) is 3.51. The Kier molecular flexibility index (Phi) is 4.64. The number of fused-ring (bicyclic) bond motifs is 4. The number of nitrogens with zero attached hydrogens (tertiary/aromatic N) is 5. The van der Waals surface area contributed by atoms with Crippen LogP contribution in [0.15, 0.2) is 53.6 Å². The summed E-state index contributed by atoms with van der Waals surface area (Å²) in [6.45, 7) is 1.18. The second kappa shape index (κ2) is 7.55. The quantitative estimate of drug-likeness (QED) is 0.383. The third-order valence-electron chi connectivity index (χ3n) is 5.76. The number of aromatic nitrogens is 5. The van der Waals surface area contributed by atoms with E-state index in [0.29, 0.717) is 50.0 Å². The minimum Gasteiger partial charge on any atom is -0.376 e. The lowest BCUT2D eigenvalue weighted by Gasteiger charge is -2.11. The van der Waals surface area contributed by atoms with Gasteiger partial charge in [-0.1, -0.05) is 35.3 Å². The van der Waals surface area contributed by atoms with Crippen LogP contribution in [0.1, 0.15) is 12.8 Å². The fraction of sp³-hybridized carbons (Fsp3) is 0.217. The molecule has 0 radical (unpaired) electrons. The second-order valence-corrected chi connectivity index (χ2v) is 8.76. The zero-order chi connectivity index (χ0) is 21.8. The van der Waals surface area contributed by atoms with E-state index in [2.05, 4.69) is 4.98 Å². The van der Waals surface area contributed by atoms with Crippen LogP contribution in [0.3, 0.4) is 0 Å². The maximum absolute atomic E-state index is 13.6. The molecule has 0 unspecified atom stereocenters. The number of ether oxygens (including phenoxy) is 1. The van der Waals surface area contributed by atoms with E-state index in [9.17, 15) is 4.79 Å². The van der Waals surface area contributed by atoms with E-state index in [1.165, 1.54) is 0 Å². The number of para-hydroxylation sites is 2. The smallest absolute Gasteiger partial charge is 0.265 e. The maximum atomic E-state index is 13.6. The number of benzene rings is 2. The molecule has 7 nitrogen and oxygen atoms in total. The Bertz CT molecular complexity index is 1550. The third kappa shape index (κ3) is 3.16. The number of hydrogen-bond acceptors (Lipinski definition) is 5. The van der Waals surface area contributed by atoms with Crippen molar-refractivity contribution in [2.24, 2.45) is 0 Å². The summed E-state index contributed by atoms with van der Waals surface area (Å²) in [7, 11) is 0. The molecule has 2 aromatic carbocycles. The largest absolute Gasteiger partial charge is 0.376 e. The van der Waals surface area contributed by atoms with Gasteiger partial charge in [0.05, 0.1) is 29.4 Å². The van der Waals surface area contributed by atoms with Gasteiger partial charge in [-0.05, 0) is 43.2 Å². The molecular weight excluding hydrogens is 449 g/mol. The van der Waals surface area contributed by atoms with Gasteiger partial charge in [-0.25, -0.2) is 15.0 Å². The molecule has 0 amide bonds. The van der Waals surface area contributed by atoms with Crippen molar-refractivity contribution in [2.45, 2.75) is 25.5 Å². The van der Waals surface area contributed by atoms with Crippen LogP contribution in [-0.2, 0) is 11.3 Å². The fourth-order valence-electron chi connectivity index (χ4n) is 4.32. The van der Waals surface area contributed by atoms with E-state index < -0.39 is 0 Å². The standard InChI is InChI=1S/C23H17Cl2N5O2/c24-13-8-14(25)10-15(9-13)30-21-19(20-22(30)28-18-6-2-1-5-17(18)27-20)23(31)29(12-26-21)11-16-4-3-7-32-16/h1-2,5-6,8-10,12,16H,3-4,7,11H2/t16-/m1/s1.